The topological polar surface area (TPSA) is 75.0 Å². The first-order valence-electron chi connectivity index (χ1n) is 10.6. The largest absolute Gasteiger partial charge is 0.502 e. The third kappa shape index (κ3) is 3.44. The molecule has 0 aliphatic carbocycles. The zero-order valence-corrected chi connectivity index (χ0v) is 17.9. The molecule has 2 aliphatic heterocycles. The minimum absolute atomic E-state index is 0.112. The van der Waals surface area contributed by atoms with Crippen LogP contribution < -0.4 is 15.2 Å². The van der Waals surface area contributed by atoms with Crippen LogP contribution in [0.25, 0.3) is 0 Å². The van der Waals surface area contributed by atoms with Crippen molar-refractivity contribution in [1.82, 2.24) is 9.58 Å². The number of rotatable bonds is 1. The number of hydrogen-bond donors (Lipinski definition) is 1. The zero-order valence-electron chi connectivity index (χ0n) is 17.9. The normalized spacial score (nSPS) is 20.8. The molecule has 2 aliphatic rings. The van der Waals surface area contributed by atoms with E-state index >= 15 is 0 Å². The first-order valence-corrected chi connectivity index (χ1v) is 10.6. The number of fused-ring (bicyclic) bond motifs is 5. The molecule has 33 heavy (non-hydrogen) atoms. The van der Waals surface area contributed by atoms with Crippen LogP contribution in [0, 0.1) is 5.82 Å². The third-order valence-corrected chi connectivity index (χ3v) is 6.03. The molecule has 2 atom stereocenters. The van der Waals surface area contributed by atoms with E-state index in [1.54, 1.807) is 29.2 Å². The Morgan fingerprint density at radius 2 is 1.85 bits per heavy atom. The van der Waals surface area contributed by atoms with Gasteiger partial charge in [0.25, 0.3) is 5.91 Å². The van der Waals surface area contributed by atoms with Crippen LogP contribution in [0.15, 0.2) is 77.7 Å². The van der Waals surface area contributed by atoms with Crippen molar-refractivity contribution < 1.29 is 19.0 Å². The van der Waals surface area contributed by atoms with Gasteiger partial charge in [0, 0.05) is 23.9 Å². The average Bonchev–Trinajstić information content (AvgIpc) is 2.84. The highest BCUT2D eigenvalue weighted by Crippen LogP contribution is 2.38. The fourth-order valence-electron chi connectivity index (χ4n) is 4.40. The van der Waals surface area contributed by atoms with Gasteiger partial charge in [-0.15, -0.1) is 0 Å². The van der Waals surface area contributed by atoms with Gasteiger partial charge in [-0.1, -0.05) is 48.5 Å². The van der Waals surface area contributed by atoms with Gasteiger partial charge in [0.05, 0.1) is 0 Å². The van der Waals surface area contributed by atoms with Crippen molar-refractivity contribution in [3.8, 4) is 11.5 Å². The summed E-state index contributed by atoms with van der Waals surface area (Å²) in [5.41, 5.74) is 0.608. The molecule has 7 nitrogen and oxygen atoms in total. The van der Waals surface area contributed by atoms with Crippen LogP contribution in [-0.4, -0.2) is 39.9 Å². The van der Waals surface area contributed by atoms with Gasteiger partial charge in [-0.25, -0.2) is 4.39 Å². The Morgan fingerprint density at radius 1 is 1.06 bits per heavy atom. The van der Waals surface area contributed by atoms with E-state index in [0.717, 1.165) is 5.56 Å². The van der Waals surface area contributed by atoms with E-state index in [2.05, 4.69) is 0 Å². The van der Waals surface area contributed by atoms with E-state index in [0.29, 0.717) is 5.56 Å². The molecule has 3 aromatic rings. The molecule has 0 spiro atoms. The summed E-state index contributed by atoms with van der Waals surface area (Å²) in [6.07, 6.45) is 4.98. The molecule has 1 amide bonds. The second kappa shape index (κ2) is 8.12. The lowest BCUT2D eigenvalue weighted by Crippen LogP contribution is -2.57. The number of ether oxygens (including phenoxy) is 1. The predicted molar refractivity (Wildman–Crippen MR) is 120 cm³/mol. The Hall–Kier alpha value is -4.07. The van der Waals surface area contributed by atoms with Crippen molar-refractivity contribution in [2.24, 2.45) is 0 Å². The summed E-state index contributed by atoms with van der Waals surface area (Å²) >= 11 is 0. The minimum atomic E-state index is -0.644. The lowest BCUT2D eigenvalue weighted by atomic mass is 9.96. The first-order chi connectivity index (χ1) is 16.0. The van der Waals surface area contributed by atoms with E-state index in [1.807, 2.05) is 42.3 Å². The number of halogens is 1. The van der Waals surface area contributed by atoms with Gasteiger partial charge in [-0.3, -0.25) is 19.3 Å². The van der Waals surface area contributed by atoms with Crippen molar-refractivity contribution in [3.05, 3.63) is 106 Å². The Balaban J connectivity index is 1.83. The zero-order chi connectivity index (χ0) is 23.1. The molecular formula is C25H22FN3O4. The van der Waals surface area contributed by atoms with Gasteiger partial charge >= 0.3 is 0 Å². The van der Waals surface area contributed by atoms with Crippen LogP contribution >= 0.6 is 0 Å². The highest BCUT2D eigenvalue weighted by atomic mass is 19.1. The summed E-state index contributed by atoms with van der Waals surface area (Å²) in [6, 6.07) is 14.4. The molecule has 1 aromatic heterocycles. The molecule has 5 rings (SSSR count). The number of amides is 1. The fourth-order valence-corrected chi connectivity index (χ4v) is 4.40. The van der Waals surface area contributed by atoms with Gasteiger partial charge in [0.2, 0.25) is 5.43 Å². The maximum atomic E-state index is 15.0. The number of benzene rings is 2. The quantitative estimate of drug-likeness (QED) is 0.580. The average molecular weight is 447 g/mol. The second-order valence-corrected chi connectivity index (χ2v) is 8.03. The Bertz CT molecular complexity index is 1300. The van der Waals surface area contributed by atoms with Crippen molar-refractivity contribution in [3.63, 3.8) is 0 Å². The number of carbonyl (C=O) groups is 1. The SMILES string of the molecule is C[C@H]1/C=C\COc2c(F)cccc2[C@@H](c2ccccc2)N2CN1C(=O)c1c(O)c(=O)ccn12. The van der Waals surface area contributed by atoms with E-state index in [4.69, 9.17) is 4.74 Å². The lowest BCUT2D eigenvalue weighted by molar-refractivity contribution is 0.0643. The van der Waals surface area contributed by atoms with E-state index in [1.165, 1.54) is 23.0 Å². The molecule has 8 heteroatoms. The second-order valence-electron chi connectivity index (χ2n) is 8.03. The number of aromatic nitrogens is 1. The number of nitrogens with zero attached hydrogens (tertiary/aromatic N) is 3. The van der Waals surface area contributed by atoms with Gasteiger partial charge < -0.3 is 14.7 Å². The van der Waals surface area contributed by atoms with Crippen LogP contribution in [-0.2, 0) is 0 Å². The fraction of sp³-hybridized carbons (Fsp3) is 0.200. The Labute approximate surface area is 189 Å². The number of carbonyl (C=O) groups excluding carboxylic acids is 1. The van der Waals surface area contributed by atoms with E-state index in [9.17, 15) is 19.1 Å². The predicted octanol–water partition coefficient (Wildman–Crippen LogP) is 3.17. The van der Waals surface area contributed by atoms with Crippen LogP contribution in [0.1, 0.15) is 34.6 Å². The monoisotopic (exact) mass is 447 g/mol. The van der Waals surface area contributed by atoms with Crippen molar-refractivity contribution >= 4 is 5.91 Å². The molecule has 3 heterocycles. The number of para-hydroxylation sites is 1. The maximum absolute atomic E-state index is 15.0. The summed E-state index contributed by atoms with van der Waals surface area (Å²) in [5.74, 6) is -1.47. The summed E-state index contributed by atoms with van der Waals surface area (Å²) in [7, 11) is 0. The van der Waals surface area contributed by atoms with Crippen LogP contribution in [0.4, 0.5) is 4.39 Å². The minimum Gasteiger partial charge on any atom is -0.502 e. The van der Waals surface area contributed by atoms with Crippen molar-refractivity contribution in [1.29, 1.82) is 0 Å². The third-order valence-electron chi connectivity index (χ3n) is 6.03. The highest BCUT2D eigenvalue weighted by Gasteiger charge is 2.39. The first kappa shape index (κ1) is 20.8. The summed E-state index contributed by atoms with van der Waals surface area (Å²) < 4.78 is 22.3. The number of pyridine rings is 1. The molecule has 2 aromatic carbocycles. The van der Waals surface area contributed by atoms with E-state index < -0.39 is 28.9 Å². The smallest absolute Gasteiger partial charge is 0.278 e. The summed E-state index contributed by atoms with van der Waals surface area (Å²) in [4.78, 5) is 27.1. The maximum Gasteiger partial charge on any atom is 0.278 e. The summed E-state index contributed by atoms with van der Waals surface area (Å²) in [6.45, 7) is 2.09. The molecule has 0 saturated carbocycles. The van der Waals surface area contributed by atoms with Crippen LogP contribution in [0.2, 0.25) is 0 Å². The molecule has 1 N–H and O–H groups in total. The molecule has 168 valence electrons. The van der Waals surface area contributed by atoms with Crippen LogP contribution in [0.5, 0.6) is 11.5 Å². The van der Waals surface area contributed by atoms with Crippen LogP contribution in [0.3, 0.4) is 0 Å². The number of hydrogen-bond acceptors (Lipinski definition) is 5. The van der Waals surface area contributed by atoms with Crippen molar-refractivity contribution in [2.75, 3.05) is 18.3 Å². The van der Waals surface area contributed by atoms with Gasteiger partial charge in [-0.05, 0) is 24.6 Å². The molecule has 0 saturated heterocycles. The molecule has 0 fully saturated rings. The molecule has 0 unspecified atom stereocenters. The Kier molecular flexibility index (Phi) is 5.12. The molecule has 0 radical (unpaired) electrons. The molecular weight excluding hydrogens is 425 g/mol. The Morgan fingerprint density at radius 3 is 2.64 bits per heavy atom. The van der Waals surface area contributed by atoms with E-state index in [-0.39, 0.29) is 30.8 Å². The highest BCUT2D eigenvalue weighted by molar-refractivity contribution is 5.96. The van der Waals surface area contributed by atoms with Crippen molar-refractivity contribution in [2.45, 2.75) is 19.0 Å². The van der Waals surface area contributed by atoms with Gasteiger partial charge in [0.1, 0.15) is 19.3 Å². The standard InChI is InChI=1S/C25H22FN3O4/c1-16-7-6-14-33-24-18(10-5-11-19(24)26)21(17-8-3-2-4-9-17)29-15-27(16)25(32)22-23(31)20(30)12-13-28(22)29/h2-13,16,21,31H,14-15H2,1H3/b7-6-/t16-,21+/m0/s1. The van der Waals surface area contributed by atoms with Gasteiger partial charge in [-0.2, -0.15) is 0 Å². The summed E-state index contributed by atoms with van der Waals surface area (Å²) in [5, 5.41) is 12.4. The number of aromatic hydroxyl groups is 1. The lowest BCUT2D eigenvalue weighted by Gasteiger charge is -2.45. The van der Waals surface area contributed by atoms with Gasteiger partial charge in [0.15, 0.2) is 23.0 Å². The molecule has 2 bridgehead atoms.